The van der Waals surface area contributed by atoms with Gasteiger partial charge in [0.2, 0.25) is 0 Å². The molecule has 8 nitrogen and oxygen atoms in total. The first-order chi connectivity index (χ1) is 11.7. The van der Waals surface area contributed by atoms with Crippen molar-refractivity contribution in [2.75, 3.05) is 11.9 Å². The molecule has 0 saturated heterocycles. The highest BCUT2D eigenvalue weighted by atomic mass is 79.9. The summed E-state index contributed by atoms with van der Waals surface area (Å²) in [6.07, 6.45) is 0.979. The molecule has 1 aliphatic rings. The molecule has 0 radical (unpaired) electrons. The van der Waals surface area contributed by atoms with Crippen molar-refractivity contribution < 1.29 is 14.3 Å². The number of pyridine rings is 1. The molecule has 0 fully saturated rings. The van der Waals surface area contributed by atoms with Gasteiger partial charge in [-0.25, -0.2) is 9.78 Å². The first kappa shape index (κ1) is 17.4. The first-order valence-corrected chi connectivity index (χ1v) is 8.55. The number of hydrogen-bond acceptors (Lipinski definition) is 5. The topological polar surface area (TPSA) is 98.1 Å². The van der Waals surface area contributed by atoms with Gasteiger partial charge in [0.1, 0.15) is 22.8 Å². The van der Waals surface area contributed by atoms with Crippen LogP contribution in [0.4, 0.5) is 10.6 Å². The van der Waals surface area contributed by atoms with Crippen molar-refractivity contribution in [1.82, 2.24) is 20.1 Å². The zero-order chi connectivity index (χ0) is 18.2. The maximum atomic E-state index is 12.0. The van der Waals surface area contributed by atoms with Gasteiger partial charge >= 0.3 is 6.09 Å². The van der Waals surface area contributed by atoms with Crippen molar-refractivity contribution in [2.24, 2.45) is 0 Å². The standard InChI is InChI=1S/C16H18BrN5O3/c1-16(2,3)25-15(24)20-10-8-9(4-5-18-10)12-11(17)13-14(23)19-6-7-22(13)21-12/h4-5,8H,6-7H2,1-3H3,(H,19,23)(H,18,20,24). The van der Waals surface area contributed by atoms with Gasteiger partial charge < -0.3 is 10.1 Å². The van der Waals surface area contributed by atoms with Crippen molar-refractivity contribution in [1.29, 1.82) is 0 Å². The van der Waals surface area contributed by atoms with Gasteiger partial charge in [-0.05, 0) is 48.8 Å². The van der Waals surface area contributed by atoms with Gasteiger partial charge in [-0.2, -0.15) is 5.10 Å². The fourth-order valence-electron chi connectivity index (χ4n) is 2.42. The van der Waals surface area contributed by atoms with Crippen molar-refractivity contribution in [3.8, 4) is 11.3 Å². The quantitative estimate of drug-likeness (QED) is 0.797. The Morgan fingerprint density at radius 1 is 1.44 bits per heavy atom. The Kier molecular flexibility index (Phi) is 4.51. The molecule has 25 heavy (non-hydrogen) atoms. The fourth-order valence-corrected chi connectivity index (χ4v) is 3.11. The molecule has 2 N–H and O–H groups in total. The predicted octanol–water partition coefficient (Wildman–Crippen LogP) is 2.80. The molecule has 2 aromatic rings. The first-order valence-electron chi connectivity index (χ1n) is 7.75. The average Bonchev–Trinajstić information content (AvgIpc) is 2.84. The molecular weight excluding hydrogens is 390 g/mol. The Labute approximate surface area is 153 Å². The van der Waals surface area contributed by atoms with E-state index in [1.165, 1.54) is 0 Å². The van der Waals surface area contributed by atoms with Gasteiger partial charge in [-0.15, -0.1) is 0 Å². The number of halogens is 1. The van der Waals surface area contributed by atoms with Gasteiger partial charge in [-0.3, -0.25) is 14.8 Å². The minimum atomic E-state index is -0.596. The van der Waals surface area contributed by atoms with E-state index >= 15 is 0 Å². The van der Waals surface area contributed by atoms with Crippen molar-refractivity contribution in [3.05, 3.63) is 28.5 Å². The van der Waals surface area contributed by atoms with Crippen LogP contribution in [0.2, 0.25) is 0 Å². The smallest absolute Gasteiger partial charge is 0.413 e. The number of nitrogens with one attached hydrogen (secondary N) is 2. The van der Waals surface area contributed by atoms with Crippen molar-refractivity contribution >= 4 is 33.7 Å². The van der Waals surface area contributed by atoms with E-state index in [0.717, 1.165) is 5.56 Å². The Bertz CT molecular complexity index is 841. The minimum absolute atomic E-state index is 0.168. The number of rotatable bonds is 2. The summed E-state index contributed by atoms with van der Waals surface area (Å²) in [5.74, 6) is 0.173. The monoisotopic (exact) mass is 407 g/mol. The van der Waals surface area contributed by atoms with Crippen LogP contribution in [0.15, 0.2) is 22.8 Å². The van der Waals surface area contributed by atoms with E-state index in [2.05, 4.69) is 36.6 Å². The molecule has 0 spiro atoms. The van der Waals surface area contributed by atoms with Crippen LogP contribution in [-0.2, 0) is 11.3 Å². The Morgan fingerprint density at radius 3 is 2.88 bits per heavy atom. The van der Waals surface area contributed by atoms with Gasteiger partial charge in [0.15, 0.2) is 0 Å². The number of carbonyl (C=O) groups is 2. The fraction of sp³-hybridized carbons (Fsp3) is 0.375. The average molecular weight is 408 g/mol. The van der Waals surface area contributed by atoms with E-state index in [4.69, 9.17) is 4.74 Å². The van der Waals surface area contributed by atoms with E-state index in [1.54, 1.807) is 43.8 Å². The number of hydrogen-bond donors (Lipinski definition) is 2. The molecule has 3 rings (SSSR count). The normalized spacial score (nSPS) is 13.8. The SMILES string of the molecule is CC(C)(C)OC(=O)Nc1cc(-c2nn3c(c2Br)C(=O)NCC3)ccn1. The number of nitrogens with zero attached hydrogens (tertiary/aromatic N) is 3. The second kappa shape index (κ2) is 6.47. The highest BCUT2D eigenvalue weighted by molar-refractivity contribution is 9.10. The van der Waals surface area contributed by atoms with E-state index in [9.17, 15) is 9.59 Å². The van der Waals surface area contributed by atoms with Crippen LogP contribution in [0.3, 0.4) is 0 Å². The largest absolute Gasteiger partial charge is 0.444 e. The molecule has 0 atom stereocenters. The molecule has 0 bridgehead atoms. The van der Waals surface area contributed by atoms with Crippen LogP contribution in [0.5, 0.6) is 0 Å². The lowest BCUT2D eigenvalue weighted by Gasteiger charge is -2.19. The van der Waals surface area contributed by atoms with Crippen LogP contribution >= 0.6 is 15.9 Å². The second-order valence-corrected chi connectivity index (χ2v) is 7.34. The Hall–Kier alpha value is -2.42. The molecule has 2 aromatic heterocycles. The summed E-state index contributed by atoms with van der Waals surface area (Å²) >= 11 is 3.45. The minimum Gasteiger partial charge on any atom is -0.444 e. The van der Waals surface area contributed by atoms with E-state index < -0.39 is 11.7 Å². The molecule has 2 amide bonds. The summed E-state index contributed by atoms with van der Waals surface area (Å²) in [4.78, 5) is 28.0. The molecule has 0 aliphatic carbocycles. The van der Waals surface area contributed by atoms with Crippen LogP contribution in [0.1, 0.15) is 31.3 Å². The summed E-state index contributed by atoms with van der Waals surface area (Å²) in [6.45, 7) is 6.51. The number of anilines is 1. The van der Waals surface area contributed by atoms with E-state index in [0.29, 0.717) is 34.8 Å². The maximum absolute atomic E-state index is 12.0. The number of carbonyl (C=O) groups excluding carboxylic acids is 2. The zero-order valence-corrected chi connectivity index (χ0v) is 15.7. The lowest BCUT2D eigenvalue weighted by Crippen LogP contribution is -2.35. The summed E-state index contributed by atoms with van der Waals surface area (Å²) in [7, 11) is 0. The highest BCUT2D eigenvalue weighted by Gasteiger charge is 2.26. The number of ether oxygens (including phenoxy) is 1. The van der Waals surface area contributed by atoms with Gasteiger partial charge in [0, 0.05) is 18.3 Å². The lowest BCUT2D eigenvalue weighted by atomic mass is 10.2. The molecular formula is C16H18BrN5O3. The van der Waals surface area contributed by atoms with Gasteiger partial charge in [0.05, 0.1) is 11.0 Å². The maximum Gasteiger partial charge on any atom is 0.413 e. The van der Waals surface area contributed by atoms with Gasteiger partial charge in [-0.1, -0.05) is 0 Å². The number of fused-ring (bicyclic) bond motifs is 1. The molecule has 132 valence electrons. The van der Waals surface area contributed by atoms with Crippen LogP contribution in [0, 0.1) is 0 Å². The van der Waals surface area contributed by atoms with Gasteiger partial charge in [0.25, 0.3) is 5.91 Å². The lowest BCUT2D eigenvalue weighted by molar-refractivity contribution is 0.0635. The third-order valence-corrected chi connectivity index (χ3v) is 4.13. The van der Waals surface area contributed by atoms with Crippen molar-refractivity contribution in [2.45, 2.75) is 32.9 Å². The van der Waals surface area contributed by atoms with Crippen LogP contribution in [0.25, 0.3) is 11.3 Å². The third-order valence-electron chi connectivity index (χ3n) is 3.38. The summed E-state index contributed by atoms with van der Waals surface area (Å²) in [5, 5.41) is 9.87. The summed E-state index contributed by atoms with van der Waals surface area (Å²) in [6, 6.07) is 3.44. The summed E-state index contributed by atoms with van der Waals surface area (Å²) in [5.41, 5.74) is 1.23. The number of aromatic nitrogens is 3. The third kappa shape index (κ3) is 3.81. The van der Waals surface area contributed by atoms with E-state index in [-0.39, 0.29) is 5.91 Å². The number of amides is 2. The van der Waals surface area contributed by atoms with E-state index in [1.807, 2.05) is 0 Å². The second-order valence-electron chi connectivity index (χ2n) is 6.55. The Morgan fingerprint density at radius 2 is 2.20 bits per heavy atom. The predicted molar refractivity (Wildman–Crippen MR) is 95.3 cm³/mol. The highest BCUT2D eigenvalue weighted by Crippen LogP contribution is 2.32. The molecule has 3 heterocycles. The molecule has 9 heteroatoms. The zero-order valence-electron chi connectivity index (χ0n) is 14.1. The van der Waals surface area contributed by atoms with Crippen molar-refractivity contribution in [3.63, 3.8) is 0 Å². The molecule has 0 saturated carbocycles. The molecule has 1 aliphatic heterocycles. The molecule has 0 aromatic carbocycles. The Balaban J connectivity index is 1.88. The summed E-state index contributed by atoms with van der Waals surface area (Å²) < 4.78 is 7.50. The van der Waals surface area contributed by atoms with Crippen LogP contribution < -0.4 is 10.6 Å². The molecule has 0 unspecified atom stereocenters. The van der Waals surface area contributed by atoms with Crippen LogP contribution in [-0.4, -0.2) is 38.9 Å².